The molecule has 1 unspecified atom stereocenters. The third-order valence-corrected chi connectivity index (χ3v) is 4.09. The van der Waals surface area contributed by atoms with Crippen LogP contribution in [0, 0.1) is 6.92 Å². The number of ether oxygens (including phenoxy) is 1. The molecule has 0 spiro atoms. The van der Waals surface area contributed by atoms with Crippen LogP contribution in [0.1, 0.15) is 37.9 Å². The van der Waals surface area contributed by atoms with E-state index >= 15 is 0 Å². The molecule has 24 heavy (non-hydrogen) atoms. The molecule has 5 nitrogen and oxygen atoms in total. The molecule has 5 heteroatoms. The smallest absolute Gasteiger partial charge is 0.191 e. The lowest BCUT2D eigenvalue weighted by molar-refractivity contribution is 0.0169. The molecule has 0 aromatic heterocycles. The highest BCUT2D eigenvalue weighted by Gasteiger charge is 2.23. The number of hydrogen-bond donors (Lipinski definition) is 2. The summed E-state index contributed by atoms with van der Waals surface area (Å²) in [6.07, 6.45) is 0. The summed E-state index contributed by atoms with van der Waals surface area (Å²) >= 11 is 0. The van der Waals surface area contributed by atoms with Gasteiger partial charge in [-0.2, -0.15) is 0 Å². The summed E-state index contributed by atoms with van der Waals surface area (Å²) in [5.41, 5.74) is 2.62. The number of benzene rings is 1. The minimum Gasteiger partial charge on any atom is -0.379 e. The van der Waals surface area contributed by atoms with Crippen molar-refractivity contribution in [3.05, 3.63) is 35.4 Å². The van der Waals surface area contributed by atoms with Crippen molar-refractivity contribution in [2.45, 2.75) is 39.3 Å². The first-order valence-electron chi connectivity index (χ1n) is 8.76. The van der Waals surface area contributed by atoms with E-state index in [9.17, 15) is 0 Å². The van der Waals surface area contributed by atoms with Gasteiger partial charge < -0.3 is 15.4 Å². The summed E-state index contributed by atoms with van der Waals surface area (Å²) in [6.45, 7) is 12.9. The van der Waals surface area contributed by atoms with Crippen LogP contribution in [0.5, 0.6) is 0 Å². The van der Waals surface area contributed by atoms with E-state index in [-0.39, 0.29) is 5.54 Å². The van der Waals surface area contributed by atoms with Crippen molar-refractivity contribution in [2.75, 3.05) is 39.9 Å². The molecular weight excluding hydrogens is 300 g/mol. The molecule has 1 aromatic rings. The molecule has 134 valence electrons. The van der Waals surface area contributed by atoms with E-state index in [1.807, 2.05) is 7.05 Å². The fourth-order valence-electron chi connectivity index (χ4n) is 2.95. The van der Waals surface area contributed by atoms with E-state index in [4.69, 9.17) is 4.74 Å². The maximum absolute atomic E-state index is 5.52. The van der Waals surface area contributed by atoms with Gasteiger partial charge in [0.2, 0.25) is 0 Å². The molecule has 0 aliphatic carbocycles. The van der Waals surface area contributed by atoms with Gasteiger partial charge in [0.15, 0.2) is 5.96 Å². The lowest BCUT2D eigenvalue weighted by atomic mass is 10.0. The van der Waals surface area contributed by atoms with Crippen LogP contribution in [0.4, 0.5) is 0 Å². The minimum atomic E-state index is -0.0142. The molecule has 0 amide bonds. The largest absolute Gasteiger partial charge is 0.379 e. The molecule has 0 bridgehead atoms. The summed E-state index contributed by atoms with van der Waals surface area (Å²) < 4.78 is 5.52. The summed E-state index contributed by atoms with van der Waals surface area (Å²) in [4.78, 5) is 6.85. The van der Waals surface area contributed by atoms with E-state index in [0.29, 0.717) is 6.04 Å². The standard InChI is InChI=1S/C19H32N4O/c1-15-7-6-8-16(13-15)17(23-9-11-24-12-10-23)14-21-18(20-5)22-19(2,3)4/h6-8,13,17H,9-12,14H2,1-5H3,(H2,20,21,22). The second-order valence-corrected chi connectivity index (χ2v) is 7.41. The molecule has 2 N–H and O–H groups in total. The lowest BCUT2D eigenvalue weighted by Gasteiger charge is -2.35. The molecule has 0 radical (unpaired) electrons. The second-order valence-electron chi connectivity index (χ2n) is 7.41. The van der Waals surface area contributed by atoms with Crippen molar-refractivity contribution < 1.29 is 4.74 Å². The fraction of sp³-hybridized carbons (Fsp3) is 0.632. The van der Waals surface area contributed by atoms with Gasteiger partial charge in [-0.05, 0) is 33.3 Å². The lowest BCUT2D eigenvalue weighted by Crippen LogP contribution is -2.50. The van der Waals surface area contributed by atoms with E-state index < -0.39 is 0 Å². The molecule has 1 atom stereocenters. The average Bonchev–Trinajstić information content (AvgIpc) is 2.54. The number of nitrogens with zero attached hydrogens (tertiary/aromatic N) is 2. The van der Waals surface area contributed by atoms with Crippen molar-refractivity contribution in [3.63, 3.8) is 0 Å². The zero-order chi connectivity index (χ0) is 17.6. The zero-order valence-electron chi connectivity index (χ0n) is 15.7. The van der Waals surface area contributed by atoms with Gasteiger partial charge in [-0.15, -0.1) is 0 Å². The molecule has 2 rings (SSSR count). The summed E-state index contributed by atoms with van der Waals surface area (Å²) in [5.74, 6) is 0.841. The normalized spacial score (nSPS) is 18.3. The number of aliphatic imine (C=N–C) groups is 1. The Morgan fingerprint density at radius 2 is 2.00 bits per heavy atom. The monoisotopic (exact) mass is 332 g/mol. The van der Waals surface area contributed by atoms with Crippen molar-refractivity contribution in [3.8, 4) is 0 Å². The van der Waals surface area contributed by atoms with E-state index in [1.54, 1.807) is 0 Å². The Hall–Kier alpha value is -1.59. The number of aryl methyl sites for hydroxylation is 1. The van der Waals surface area contributed by atoms with Crippen LogP contribution >= 0.6 is 0 Å². The van der Waals surface area contributed by atoms with Gasteiger partial charge in [0.25, 0.3) is 0 Å². The highest BCUT2D eigenvalue weighted by Crippen LogP contribution is 2.22. The van der Waals surface area contributed by atoms with Crippen molar-refractivity contribution >= 4 is 5.96 Å². The predicted molar refractivity (Wildman–Crippen MR) is 101 cm³/mol. The molecule has 1 fully saturated rings. The predicted octanol–water partition coefficient (Wildman–Crippen LogP) is 2.33. The van der Waals surface area contributed by atoms with Crippen LogP contribution in [0.3, 0.4) is 0 Å². The van der Waals surface area contributed by atoms with Gasteiger partial charge in [0.1, 0.15) is 0 Å². The topological polar surface area (TPSA) is 48.9 Å². The van der Waals surface area contributed by atoms with Crippen LogP contribution in [0.25, 0.3) is 0 Å². The van der Waals surface area contributed by atoms with Crippen LogP contribution in [0.15, 0.2) is 29.3 Å². The Morgan fingerprint density at radius 1 is 1.29 bits per heavy atom. The van der Waals surface area contributed by atoms with Gasteiger partial charge in [0.05, 0.1) is 19.3 Å². The molecule has 0 saturated carbocycles. The van der Waals surface area contributed by atoms with Crippen LogP contribution < -0.4 is 10.6 Å². The summed E-state index contributed by atoms with van der Waals surface area (Å²) in [5, 5.41) is 6.92. The first-order chi connectivity index (χ1) is 11.4. The Labute approximate surface area is 146 Å². The number of nitrogens with one attached hydrogen (secondary N) is 2. The van der Waals surface area contributed by atoms with E-state index in [0.717, 1.165) is 38.8 Å². The number of rotatable bonds is 4. The first kappa shape index (κ1) is 18.7. The maximum atomic E-state index is 5.52. The van der Waals surface area contributed by atoms with Gasteiger partial charge in [-0.1, -0.05) is 29.8 Å². The van der Waals surface area contributed by atoms with Gasteiger partial charge in [-0.3, -0.25) is 9.89 Å². The molecule has 1 saturated heterocycles. The molecule has 1 aliphatic rings. The van der Waals surface area contributed by atoms with Gasteiger partial charge >= 0.3 is 0 Å². The molecular formula is C19H32N4O. The SMILES string of the molecule is CN=C(NCC(c1cccc(C)c1)N1CCOCC1)NC(C)(C)C. The Morgan fingerprint density at radius 3 is 2.58 bits per heavy atom. The Balaban J connectivity index is 2.11. The Bertz CT molecular complexity index is 545. The van der Waals surface area contributed by atoms with Crippen LogP contribution in [-0.4, -0.2) is 56.3 Å². The third kappa shape index (κ3) is 5.80. The number of guanidine groups is 1. The first-order valence-corrected chi connectivity index (χ1v) is 8.76. The Kier molecular flexibility index (Phi) is 6.63. The van der Waals surface area contributed by atoms with Crippen molar-refractivity contribution in [2.24, 2.45) is 4.99 Å². The minimum absolute atomic E-state index is 0.0142. The van der Waals surface area contributed by atoms with Gasteiger partial charge in [0, 0.05) is 32.2 Å². The van der Waals surface area contributed by atoms with E-state index in [1.165, 1.54) is 11.1 Å². The fourth-order valence-corrected chi connectivity index (χ4v) is 2.95. The second kappa shape index (κ2) is 8.49. The maximum Gasteiger partial charge on any atom is 0.191 e. The highest BCUT2D eigenvalue weighted by molar-refractivity contribution is 5.80. The molecule has 1 aromatic carbocycles. The van der Waals surface area contributed by atoms with E-state index in [2.05, 4.69) is 72.5 Å². The van der Waals surface area contributed by atoms with Gasteiger partial charge in [-0.25, -0.2) is 0 Å². The van der Waals surface area contributed by atoms with Crippen molar-refractivity contribution in [1.82, 2.24) is 15.5 Å². The van der Waals surface area contributed by atoms with Crippen LogP contribution in [-0.2, 0) is 4.74 Å². The van der Waals surface area contributed by atoms with Crippen LogP contribution in [0.2, 0.25) is 0 Å². The average molecular weight is 332 g/mol. The van der Waals surface area contributed by atoms with Crippen molar-refractivity contribution in [1.29, 1.82) is 0 Å². The number of morpholine rings is 1. The molecule has 1 aliphatic heterocycles. The molecule has 1 heterocycles. The summed E-state index contributed by atoms with van der Waals surface area (Å²) in [7, 11) is 1.82. The zero-order valence-corrected chi connectivity index (χ0v) is 15.7. The summed E-state index contributed by atoms with van der Waals surface area (Å²) in [6, 6.07) is 9.09. The highest BCUT2D eigenvalue weighted by atomic mass is 16.5. The number of hydrogen-bond acceptors (Lipinski definition) is 3. The third-order valence-electron chi connectivity index (χ3n) is 4.09. The quantitative estimate of drug-likeness (QED) is 0.656.